The molecule has 1 unspecified atom stereocenters. The van der Waals surface area contributed by atoms with E-state index >= 15 is 0 Å². The van der Waals surface area contributed by atoms with E-state index in [0.29, 0.717) is 10.9 Å². The Balaban J connectivity index is 0.00000180. The van der Waals surface area contributed by atoms with Crippen molar-refractivity contribution in [2.24, 2.45) is 5.73 Å². The number of rotatable bonds is 4. The summed E-state index contributed by atoms with van der Waals surface area (Å²) < 4.78 is 17.9. The average Bonchev–Trinajstić information content (AvgIpc) is 2.72. The lowest BCUT2D eigenvalue weighted by Crippen LogP contribution is -2.39. The largest absolute Gasteiger partial charge is 0.383 e. The number of fused-ring (bicyclic) bond motifs is 1. The van der Waals surface area contributed by atoms with Crippen LogP contribution in [0.15, 0.2) is 18.2 Å². The lowest BCUT2D eigenvalue weighted by atomic mass is 10.2. The third-order valence-electron chi connectivity index (χ3n) is 2.45. The normalized spacial score (nSPS) is 11.9. The summed E-state index contributed by atoms with van der Waals surface area (Å²) in [6.07, 6.45) is 0. The molecular formula is C11H14ClFN4O2. The summed E-state index contributed by atoms with van der Waals surface area (Å²) >= 11 is 0. The van der Waals surface area contributed by atoms with E-state index in [1.54, 1.807) is 6.07 Å². The number of aromatic nitrogens is 2. The number of H-pyrrole nitrogens is 1. The molecule has 1 aromatic heterocycles. The van der Waals surface area contributed by atoms with Crippen LogP contribution < -0.4 is 11.1 Å². The molecule has 0 fully saturated rings. The smallest absolute Gasteiger partial charge is 0.244 e. The van der Waals surface area contributed by atoms with Crippen molar-refractivity contribution in [2.75, 3.05) is 19.0 Å². The number of nitrogens with two attached hydrogens (primary N) is 1. The van der Waals surface area contributed by atoms with Crippen molar-refractivity contribution in [1.82, 2.24) is 10.2 Å². The lowest BCUT2D eigenvalue weighted by molar-refractivity contribution is -0.118. The van der Waals surface area contributed by atoms with Crippen molar-refractivity contribution in [3.05, 3.63) is 24.0 Å². The highest BCUT2D eigenvalue weighted by molar-refractivity contribution is 6.01. The molecule has 8 heteroatoms. The van der Waals surface area contributed by atoms with Gasteiger partial charge in [-0.05, 0) is 18.2 Å². The Morgan fingerprint density at radius 1 is 1.63 bits per heavy atom. The molecule has 0 bridgehead atoms. The van der Waals surface area contributed by atoms with Crippen molar-refractivity contribution < 1.29 is 13.9 Å². The number of methoxy groups -OCH3 is 1. The van der Waals surface area contributed by atoms with Gasteiger partial charge in [0.1, 0.15) is 11.9 Å². The minimum absolute atomic E-state index is 0. The first kappa shape index (κ1) is 15.4. The number of hydrogen-bond donors (Lipinski definition) is 3. The number of carbonyl (C=O) groups excluding carboxylic acids is 1. The maximum Gasteiger partial charge on any atom is 0.244 e. The molecule has 0 aliphatic heterocycles. The summed E-state index contributed by atoms with van der Waals surface area (Å²) in [5.41, 5.74) is 6.20. The fraction of sp³-hybridized carbons (Fsp3) is 0.273. The molecule has 4 N–H and O–H groups in total. The second-order valence-corrected chi connectivity index (χ2v) is 3.81. The van der Waals surface area contributed by atoms with Gasteiger partial charge in [-0.15, -0.1) is 12.4 Å². The molecule has 104 valence electrons. The number of aromatic amines is 1. The number of benzene rings is 1. The van der Waals surface area contributed by atoms with Crippen LogP contribution in [0.1, 0.15) is 0 Å². The number of nitrogens with one attached hydrogen (secondary N) is 2. The third kappa shape index (κ3) is 3.40. The molecular weight excluding hydrogens is 275 g/mol. The van der Waals surface area contributed by atoms with Gasteiger partial charge in [-0.3, -0.25) is 9.89 Å². The number of ether oxygens (including phenoxy) is 1. The Labute approximate surface area is 114 Å². The number of carbonyl (C=O) groups is 1. The van der Waals surface area contributed by atoms with Crippen molar-refractivity contribution in [3.63, 3.8) is 0 Å². The van der Waals surface area contributed by atoms with Crippen LogP contribution in [0.25, 0.3) is 10.9 Å². The van der Waals surface area contributed by atoms with E-state index in [-0.39, 0.29) is 24.8 Å². The molecule has 0 spiro atoms. The molecule has 1 amide bonds. The van der Waals surface area contributed by atoms with Gasteiger partial charge in [0.15, 0.2) is 5.82 Å². The zero-order valence-electron chi connectivity index (χ0n) is 10.1. The maximum absolute atomic E-state index is 13.1. The quantitative estimate of drug-likeness (QED) is 0.783. The Bertz CT molecular complexity index is 575. The van der Waals surface area contributed by atoms with E-state index < -0.39 is 17.8 Å². The van der Waals surface area contributed by atoms with E-state index in [4.69, 9.17) is 10.5 Å². The van der Waals surface area contributed by atoms with Crippen molar-refractivity contribution >= 4 is 35.0 Å². The number of amides is 1. The van der Waals surface area contributed by atoms with Crippen LogP contribution in [0.2, 0.25) is 0 Å². The topological polar surface area (TPSA) is 93.0 Å². The molecule has 1 heterocycles. The Morgan fingerprint density at radius 3 is 3.05 bits per heavy atom. The fourth-order valence-corrected chi connectivity index (χ4v) is 1.55. The van der Waals surface area contributed by atoms with Crippen LogP contribution in [0.4, 0.5) is 10.2 Å². The van der Waals surface area contributed by atoms with Gasteiger partial charge in [0.05, 0.1) is 12.1 Å². The van der Waals surface area contributed by atoms with E-state index in [0.717, 1.165) is 0 Å². The number of halogens is 2. The van der Waals surface area contributed by atoms with Gasteiger partial charge in [-0.2, -0.15) is 5.10 Å². The highest BCUT2D eigenvalue weighted by Gasteiger charge is 2.16. The highest BCUT2D eigenvalue weighted by Crippen LogP contribution is 2.21. The minimum Gasteiger partial charge on any atom is -0.383 e. The second kappa shape index (κ2) is 6.46. The summed E-state index contributed by atoms with van der Waals surface area (Å²) in [4.78, 5) is 11.7. The highest BCUT2D eigenvalue weighted by atomic mass is 35.5. The molecule has 2 aromatic rings. The van der Waals surface area contributed by atoms with E-state index in [2.05, 4.69) is 15.5 Å². The number of hydrogen-bond acceptors (Lipinski definition) is 4. The monoisotopic (exact) mass is 288 g/mol. The Morgan fingerprint density at radius 2 is 2.37 bits per heavy atom. The summed E-state index contributed by atoms with van der Waals surface area (Å²) in [6.45, 7) is 0.0998. The molecule has 1 aromatic carbocycles. The van der Waals surface area contributed by atoms with Crippen LogP contribution in [0, 0.1) is 5.82 Å². The van der Waals surface area contributed by atoms with Crippen LogP contribution >= 0.6 is 12.4 Å². The Hall–Kier alpha value is -1.70. The standard InChI is InChI=1S/C11H13FN4O2.ClH/c1-18-5-8(13)11(17)14-10-7-4-6(12)2-3-9(7)15-16-10;/h2-4,8H,5,13H2,1H3,(H2,14,15,16,17);1H. The van der Waals surface area contributed by atoms with E-state index in [1.165, 1.54) is 19.2 Å². The van der Waals surface area contributed by atoms with Gasteiger partial charge in [0.25, 0.3) is 0 Å². The average molecular weight is 289 g/mol. The van der Waals surface area contributed by atoms with Crippen molar-refractivity contribution in [2.45, 2.75) is 6.04 Å². The molecule has 0 radical (unpaired) electrons. The van der Waals surface area contributed by atoms with Crippen LogP contribution in [0.3, 0.4) is 0 Å². The van der Waals surface area contributed by atoms with Crippen LogP contribution in [-0.4, -0.2) is 35.9 Å². The predicted octanol–water partition coefficient (Wildman–Crippen LogP) is 1.04. The van der Waals surface area contributed by atoms with Gasteiger partial charge < -0.3 is 15.8 Å². The van der Waals surface area contributed by atoms with Crippen LogP contribution in [-0.2, 0) is 9.53 Å². The van der Waals surface area contributed by atoms with Gasteiger partial charge in [0.2, 0.25) is 5.91 Å². The van der Waals surface area contributed by atoms with Gasteiger partial charge in [-0.1, -0.05) is 0 Å². The fourth-order valence-electron chi connectivity index (χ4n) is 1.55. The van der Waals surface area contributed by atoms with Crippen molar-refractivity contribution in [3.8, 4) is 0 Å². The molecule has 0 saturated heterocycles. The minimum atomic E-state index is -0.796. The Kier molecular flexibility index (Phi) is 5.22. The molecule has 2 rings (SSSR count). The molecule has 19 heavy (non-hydrogen) atoms. The molecule has 0 saturated carbocycles. The second-order valence-electron chi connectivity index (χ2n) is 3.81. The zero-order valence-corrected chi connectivity index (χ0v) is 11.0. The third-order valence-corrected chi connectivity index (χ3v) is 2.45. The molecule has 0 aliphatic carbocycles. The predicted molar refractivity (Wildman–Crippen MR) is 71.8 cm³/mol. The lowest BCUT2D eigenvalue weighted by Gasteiger charge is -2.09. The zero-order chi connectivity index (χ0) is 13.1. The first-order valence-corrected chi connectivity index (χ1v) is 5.31. The van der Waals surface area contributed by atoms with Crippen molar-refractivity contribution in [1.29, 1.82) is 0 Å². The SMILES string of the molecule is COCC(N)C(=O)Nc1n[nH]c2ccc(F)cc12.Cl. The number of nitrogens with zero attached hydrogens (tertiary/aromatic N) is 1. The van der Waals surface area contributed by atoms with Gasteiger partial charge in [0, 0.05) is 12.5 Å². The van der Waals surface area contributed by atoms with Gasteiger partial charge >= 0.3 is 0 Å². The van der Waals surface area contributed by atoms with Crippen LogP contribution in [0.5, 0.6) is 0 Å². The summed E-state index contributed by atoms with van der Waals surface area (Å²) in [6, 6.07) is 3.34. The molecule has 1 atom stereocenters. The number of anilines is 1. The summed E-state index contributed by atoms with van der Waals surface area (Å²) in [7, 11) is 1.45. The summed E-state index contributed by atoms with van der Waals surface area (Å²) in [5, 5.41) is 9.60. The van der Waals surface area contributed by atoms with E-state index in [9.17, 15) is 9.18 Å². The van der Waals surface area contributed by atoms with E-state index in [1.807, 2.05) is 0 Å². The first-order valence-electron chi connectivity index (χ1n) is 5.31. The molecule has 0 aliphatic rings. The first-order chi connectivity index (χ1) is 8.61. The van der Waals surface area contributed by atoms with Gasteiger partial charge in [-0.25, -0.2) is 4.39 Å². The molecule has 6 nitrogen and oxygen atoms in total. The maximum atomic E-state index is 13.1. The summed E-state index contributed by atoms with van der Waals surface area (Å²) in [5.74, 6) is -0.587.